The number of benzene rings is 3. The first-order chi connectivity index (χ1) is 14.1. The van der Waals surface area contributed by atoms with Gasteiger partial charge in [-0.15, -0.1) is 0 Å². The van der Waals surface area contributed by atoms with E-state index in [0.29, 0.717) is 24.4 Å². The largest absolute Gasteiger partial charge is 0.481 e. The van der Waals surface area contributed by atoms with Gasteiger partial charge in [-0.1, -0.05) is 66.7 Å². The highest BCUT2D eigenvalue weighted by molar-refractivity contribution is 5.86. The molecule has 1 unspecified atom stereocenters. The molecule has 0 saturated heterocycles. The van der Waals surface area contributed by atoms with E-state index in [1.165, 1.54) is 34.7 Å². The Kier molecular flexibility index (Phi) is 5.96. The molecule has 3 aromatic carbocycles. The molecule has 0 spiro atoms. The number of rotatable bonds is 7. The fourth-order valence-corrected chi connectivity index (χ4v) is 4.71. The summed E-state index contributed by atoms with van der Waals surface area (Å²) in [6.45, 7) is 2.27. The average Bonchev–Trinajstić information content (AvgIpc) is 3.20. The Morgan fingerprint density at radius 3 is 2.59 bits per heavy atom. The number of carbonyl (C=O) groups is 1. The molecule has 0 aromatic heterocycles. The van der Waals surface area contributed by atoms with Crippen molar-refractivity contribution in [3.05, 3.63) is 83.4 Å². The molecule has 1 aliphatic carbocycles. The van der Waals surface area contributed by atoms with Crippen molar-refractivity contribution in [1.29, 1.82) is 0 Å². The zero-order valence-corrected chi connectivity index (χ0v) is 17.0. The lowest BCUT2D eigenvalue weighted by molar-refractivity contribution is -0.136. The van der Waals surface area contributed by atoms with Gasteiger partial charge in [-0.3, -0.25) is 4.79 Å². The van der Waals surface area contributed by atoms with Gasteiger partial charge in [0.1, 0.15) is 0 Å². The summed E-state index contributed by atoms with van der Waals surface area (Å²) >= 11 is 0. The molecule has 0 heterocycles. The molecule has 3 atom stereocenters. The van der Waals surface area contributed by atoms with Gasteiger partial charge in [0.2, 0.25) is 0 Å². The highest BCUT2D eigenvalue weighted by Crippen LogP contribution is 2.36. The number of aliphatic carboxylic acids is 1. The van der Waals surface area contributed by atoms with Crippen molar-refractivity contribution in [3.8, 4) is 0 Å². The number of nitrogens with one attached hydrogen (secondary N) is 1. The van der Waals surface area contributed by atoms with Crippen LogP contribution in [-0.2, 0) is 11.2 Å². The van der Waals surface area contributed by atoms with E-state index in [1.54, 1.807) is 0 Å². The van der Waals surface area contributed by atoms with Crippen molar-refractivity contribution >= 4 is 16.7 Å². The lowest BCUT2D eigenvalue weighted by Gasteiger charge is -2.21. The van der Waals surface area contributed by atoms with Gasteiger partial charge in [0, 0.05) is 18.5 Å². The number of carboxylic acid groups (broad SMARTS) is 1. The Morgan fingerprint density at radius 1 is 1.03 bits per heavy atom. The second-order valence-corrected chi connectivity index (χ2v) is 8.30. The lowest BCUT2D eigenvalue weighted by atomic mass is 9.95. The lowest BCUT2D eigenvalue weighted by Crippen LogP contribution is -2.29. The first-order valence-electron chi connectivity index (χ1n) is 10.6. The van der Waals surface area contributed by atoms with Crippen LogP contribution in [0, 0.1) is 0 Å². The fourth-order valence-electron chi connectivity index (χ4n) is 4.71. The van der Waals surface area contributed by atoms with Gasteiger partial charge in [0.15, 0.2) is 0 Å². The van der Waals surface area contributed by atoms with Crippen LogP contribution in [0.2, 0.25) is 0 Å². The summed E-state index contributed by atoms with van der Waals surface area (Å²) in [4.78, 5) is 10.7. The van der Waals surface area contributed by atoms with Gasteiger partial charge < -0.3 is 10.4 Å². The van der Waals surface area contributed by atoms with E-state index in [4.69, 9.17) is 5.11 Å². The molecule has 3 nitrogen and oxygen atoms in total. The number of fused-ring (bicyclic) bond motifs is 1. The van der Waals surface area contributed by atoms with Gasteiger partial charge in [-0.25, -0.2) is 0 Å². The molecule has 1 aliphatic rings. The second-order valence-electron chi connectivity index (χ2n) is 8.30. The normalized spacial score (nSPS) is 20.0. The minimum absolute atomic E-state index is 0.195. The maximum absolute atomic E-state index is 10.7. The zero-order valence-electron chi connectivity index (χ0n) is 17.0. The van der Waals surface area contributed by atoms with E-state index in [-0.39, 0.29) is 6.42 Å². The minimum Gasteiger partial charge on any atom is -0.481 e. The smallest absolute Gasteiger partial charge is 0.303 e. The minimum atomic E-state index is -0.737. The van der Waals surface area contributed by atoms with Crippen molar-refractivity contribution in [2.45, 2.75) is 57.0 Å². The van der Waals surface area contributed by atoms with Gasteiger partial charge in [-0.05, 0) is 66.0 Å². The molecule has 3 aromatic rings. The SMILES string of the molecule is C[C@@H](NC1CC[C@H](c2ccc(CCC(=O)O)cc2)C1)c1cccc2ccccc12. The summed E-state index contributed by atoms with van der Waals surface area (Å²) in [5.74, 6) is -0.153. The summed E-state index contributed by atoms with van der Waals surface area (Å²) in [6, 6.07) is 24.6. The standard InChI is InChI=1S/C26H29NO2/c1-18(24-8-4-6-21-5-2-3-7-25(21)24)27-23-15-14-22(17-23)20-12-9-19(10-13-20)11-16-26(28)29/h2-10,12-13,18,22-23,27H,11,14-17H2,1H3,(H,28,29)/t18-,22+,23?/m1/s1. The van der Waals surface area contributed by atoms with Crippen LogP contribution in [0.3, 0.4) is 0 Å². The van der Waals surface area contributed by atoms with Gasteiger partial charge in [0.25, 0.3) is 0 Å². The maximum atomic E-state index is 10.7. The fraction of sp³-hybridized carbons (Fsp3) is 0.346. The first kappa shape index (κ1) is 19.7. The summed E-state index contributed by atoms with van der Waals surface area (Å²) in [5.41, 5.74) is 3.86. The molecule has 1 fully saturated rings. The van der Waals surface area contributed by atoms with Crippen molar-refractivity contribution in [2.24, 2.45) is 0 Å². The van der Waals surface area contributed by atoms with Gasteiger partial charge in [0.05, 0.1) is 0 Å². The Hall–Kier alpha value is -2.65. The predicted molar refractivity (Wildman–Crippen MR) is 118 cm³/mol. The quantitative estimate of drug-likeness (QED) is 0.535. The Labute approximate surface area is 172 Å². The molecular formula is C26H29NO2. The highest BCUT2D eigenvalue weighted by atomic mass is 16.4. The van der Waals surface area contributed by atoms with Crippen LogP contribution in [0.1, 0.15) is 61.3 Å². The van der Waals surface area contributed by atoms with E-state index >= 15 is 0 Å². The molecule has 29 heavy (non-hydrogen) atoms. The third kappa shape index (κ3) is 4.68. The van der Waals surface area contributed by atoms with Crippen LogP contribution in [0.5, 0.6) is 0 Å². The van der Waals surface area contributed by atoms with Gasteiger partial charge in [-0.2, -0.15) is 0 Å². The third-order valence-electron chi connectivity index (χ3n) is 6.29. The number of hydrogen-bond donors (Lipinski definition) is 2. The van der Waals surface area contributed by atoms with Crippen LogP contribution in [0.15, 0.2) is 66.7 Å². The van der Waals surface area contributed by atoms with Crippen LogP contribution in [-0.4, -0.2) is 17.1 Å². The van der Waals surface area contributed by atoms with E-state index < -0.39 is 5.97 Å². The monoisotopic (exact) mass is 387 g/mol. The summed E-state index contributed by atoms with van der Waals surface area (Å²) in [5, 5.41) is 15.3. The van der Waals surface area contributed by atoms with E-state index in [2.05, 4.69) is 79.0 Å². The third-order valence-corrected chi connectivity index (χ3v) is 6.29. The number of hydrogen-bond acceptors (Lipinski definition) is 2. The van der Waals surface area contributed by atoms with Gasteiger partial charge >= 0.3 is 5.97 Å². The van der Waals surface area contributed by atoms with E-state index in [1.807, 2.05) is 0 Å². The molecule has 4 rings (SSSR count). The van der Waals surface area contributed by atoms with E-state index in [9.17, 15) is 4.79 Å². The van der Waals surface area contributed by atoms with Crippen molar-refractivity contribution in [1.82, 2.24) is 5.32 Å². The van der Waals surface area contributed by atoms with Crippen molar-refractivity contribution < 1.29 is 9.90 Å². The summed E-state index contributed by atoms with van der Waals surface area (Å²) < 4.78 is 0. The molecule has 0 radical (unpaired) electrons. The average molecular weight is 388 g/mol. The Bertz CT molecular complexity index is 974. The molecular weight excluding hydrogens is 358 g/mol. The summed E-state index contributed by atoms with van der Waals surface area (Å²) in [6.07, 6.45) is 4.35. The molecule has 2 N–H and O–H groups in total. The van der Waals surface area contributed by atoms with Crippen LogP contribution >= 0.6 is 0 Å². The first-order valence-corrected chi connectivity index (χ1v) is 10.6. The zero-order chi connectivity index (χ0) is 20.2. The molecule has 0 bridgehead atoms. The van der Waals surface area contributed by atoms with Crippen LogP contribution in [0.25, 0.3) is 10.8 Å². The highest BCUT2D eigenvalue weighted by Gasteiger charge is 2.27. The molecule has 0 aliphatic heterocycles. The van der Waals surface area contributed by atoms with E-state index in [0.717, 1.165) is 12.0 Å². The maximum Gasteiger partial charge on any atom is 0.303 e. The predicted octanol–water partition coefficient (Wildman–Crippen LogP) is 5.84. The Morgan fingerprint density at radius 2 is 1.79 bits per heavy atom. The van der Waals surface area contributed by atoms with Crippen LogP contribution < -0.4 is 5.32 Å². The Balaban J connectivity index is 1.38. The topological polar surface area (TPSA) is 49.3 Å². The molecule has 3 heteroatoms. The second kappa shape index (κ2) is 8.79. The molecule has 150 valence electrons. The van der Waals surface area contributed by atoms with Crippen molar-refractivity contribution in [2.75, 3.05) is 0 Å². The summed E-state index contributed by atoms with van der Waals surface area (Å²) in [7, 11) is 0. The number of aryl methyl sites for hydroxylation is 1. The molecule has 1 saturated carbocycles. The van der Waals surface area contributed by atoms with Crippen molar-refractivity contribution in [3.63, 3.8) is 0 Å². The number of carboxylic acids is 1. The van der Waals surface area contributed by atoms with Crippen LogP contribution in [0.4, 0.5) is 0 Å². The molecule has 0 amide bonds.